The first-order valence-electron chi connectivity index (χ1n) is 16.3. The topological polar surface area (TPSA) is 108 Å². The van der Waals surface area contributed by atoms with Crippen LogP contribution in [0.5, 0.6) is 5.75 Å². The molecule has 11 nitrogen and oxygen atoms in total. The van der Waals surface area contributed by atoms with Crippen molar-refractivity contribution in [1.29, 1.82) is 0 Å². The third kappa shape index (κ3) is 7.64. The lowest BCUT2D eigenvalue weighted by Gasteiger charge is -2.43. The molecule has 0 amide bonds. The van der Waals surface area contributed by atoms with Crippen molar-refractivity contribution in [2.24, 2.45) is 0 Å². The van der Waals surface area contributed by atoms with E-state index in [2.05, 4.69) is 86.0 Å². The lowest BCUT2D eigenvalue weighted by Crippen LogP contribution is -2.52. The molecule has 13 heteroatoms. The number of halogens is 1. The third-order valence-corrected chi connectivity index (χ3v) is 10.7. The average molecular weight is 678 g/mol. The zero-order valence-electron chi connectivity index (χ0n) is 28.2. The molecule has 0 aliphatic carbocycles. The first-order chi connectivity index (χ1) is 22.7. The van der Waals surface area contributed by atoms with E-state index < -0.39 is 7.92 Å². The fourth-order valence-electron chi connectivity index (χ4n) is 6.43. The summed E-state index contributed by atoms with van der Waals surface area (Å²) in [6.07, 6.45) is 4.88. The van der Waals surface area contributed by atoms with Crippen LogP contribution in [0.15, 0.2) is 40.9 Å². The lowest BCUT2D eigenvalue weighted by molar-refractivity contribution is 0.0982. The number of rotatable bonds is 10. The predicted molar refractivity (Wildman–Crippen MR) is 193 cm³/mol. The number of aryl methyl sites for hydroxylation is 2. The molecule has 2 N–H and O–H groups in total. The molecule has 2 aromatic heterocycles. The van der Waals surface area contributed by atoms with Gasteiger partial charge in [-0.25, -0.2) is 4.98 Å². The van der Waals surface area contributed by atoms with E-state index in [1.165, 1.54) is 37.2 Å². The number of methoxy groups -OCH3 is 1. The number of likely N-dealkylation sites (N-methyl/N-ethyl adjacent to an activating group) is 1. The van der Waals surface area contributed by atoms with E-state index in [0.717, 1.165) is 60.6 Å². The quantitative estimate of drug-likeness (QED) is 0.189. The summed E-state index contributed by atoms with van der Waals surface area (Å²) in [4.78, 5) is 16.9. The second-order valence-corrected chi connectivity index (χ2v) is 15.2. The summed E-state index contributed by atoms with van der Waals surface area (Å²) in [7, 11) is 3.45. The summed E-state index contributed by atoms with van der Waals surface area (Å²) in [5.41, 5.74) is 5.12. The Labute approximate surface area is 283 Å². The van der Waals surface area contributed by atoms with Gasteiger partial charge in [-0.2, -0.15) is 4.98 Å². The molecule has 47 heavy (non-hydrogen) atoms. The second-order valence-electron chi connectivity index (χ2n) is 12.5. The highest BCUT2D eigenvalue weighted by Crippen LogP contribution is 2.38. The highest BCUT2D eigenvalue weighted by molar-refractivity contribution is 7.64. The molecule has 2 saturated heterocycles. The highest BCUT2D eigenvalue weighted by Gasteiger charge is 2.28. The van der Waals surface area contributed by atoms with Crippen molar-refractivity contribution in [3.8, 4) is 17.2 Å². The van der Waals surface area contributed by atoms with E-state index in [0.29, 0.717) is 34.6 Å². The minimum atomic E-state index is -0.478. The van der Waals surface area contributed by atoms with Gasteiger partial charge in [0.15, 0.2) is 5.82 Å². The van der Waals surface area contributed by atoms with Gasteiger partial charge in [0, 0.05) is 75.2 Å². The molecule has 0 bridgehead atoms. The minimum Gasteiger partial charge on any atom is -0.494 e. The van der Waals surface area contributed by atoms with Gasteiger partial charge >= 0.3 is 0 Å². The monoisotopic (exact) mass is 677 g/mol. The van der Waals surface area contributed by atoms with Gasteiger partial charge in [0.25, 0.3) is 0 Å². The molecule has 2 aliphatic rings. The maximum absolute atomic E-state index is 6.61. The minimum absolute atomic E-state index is 0.422. The van der Waals surface area contributed by atoms with Gasteiger partial charge in [-0.1, -0.05) is 26.4 Å². The van der Waals surface area contributed by atoms with Crippen LogP contribution in [0.4, 0.5) is 28.8 Å². The van der Waals surface area contributed by atoms with Crippen molar-refractivity contribution in [3.63, 3.8) is 0 Å². The van der Waals surface area contributed by atoms with E-state index in [1.807, 2.05) is 12.1 Å². The smallest absolute Gasteiger partial charge is 0.247 e. The fourth-order valence-corrected chi connectivity index (χ4v) is 7.58. The Morgan fingerprint density at radius 1 is 1.00 bits per heavy atom. The van der Waals surface area contributed by atoms with Crippen molar-refractivity contribution in [2.45, 2.75) is 39.2 Å². The van der Waals surface area contributed by atoms with Crippen molar-refractivity contribution >= 4 is 53.7 Å². The Balaban J connectivity index is 1.19. The summed E-state index contributed by atoms with van der Waals surface area (Å²) < 4.78 is 11.6. The van der Waals surface area contributed by atoms with Gasteiger partial charge < -0.3 is 29.6 Å². The van der Waals surface area contributed by atoms with E-state index in [4.69, 9.17) is 25.7 Å². The summed E-state index contributed by atoms with van der Waals surface area (Å²) in [5.74, 6) is 2.72. The van der Waals surface area contributed by atoms with Crippen LogP contribution < -0.4 is 25.6 Å². The molecular weight excluding hydrogens is 633 g/mol. The molecule has 0 saturated carbocycles. The number of nitrogens with zero attached hydrogens (tertiary/aromatic N) is 7. The molecule has 2 fully saturated rings. The van der Waals surface area contributed by atoms with Crippen LogP contribution in [0.25, 0.3) is 11.5 Å². The second kappa shape index (κ2) is 14.7. The summed E-state index contributed by atoms with van der Waals surface area (Å²) >= 11 is 6.61. The van der Waals surface area contributed by atoms with Crippen molar-refractivity contribution in [1.82, 2.24) is 30.0 Å². The third-order valence-electron chi connectivity index (χ3n) is 9.14. The van der Waals surface area contributed by atoms with Gasteiger partial charge in [0.05, 0.1) is 19.0 Å². The highest BCUT2D eigenvalue weighted by atomic mass is 35.5. The van der Waals surface area contributed by atoms with Crippen LogP contribution in [0.3, 0.4) is 0 Å². The standard InChI is InChI=1S/C34H45ClN9O2P/c1-7-23-18-28(30(45-4)20-29(23)44-12-10-25(11-13-44)43-16-14-42(3)15-17-43)38-34-36-21-26(35)32(39-34)37-27-9-8-24(19-31(27)47(5)6)33-41-40-22(2)46-33/h8-9,18-21,25H,7,10-17H2,1-6H3,(H2,36,37,38,39). The Kier molecular flexibility index (Phi) is 10.5. The molecule has 2 aliphatic heterocycles. The first kappa shape index (κ1) is 33.4. The zero-order chi connectivity index (χ0) is 33.1. The molecule has 4 aromatic rings. The van der Waals surface area contributed by atoms with Crippen LogP contribution in [0.1, 0.15) is 31.2 Å². The number of aromatic nitrogens is 4. The van der Waals surface area contributed by atoms with Gasteiger partial charge in [-0.15, -0.1) is 10.2 Å². The van der Waals surface area contributed by atoms with Crippen LogP contribution in [-0.4, -0.2) is 103 Å². The fraction of sp³-hybridized carbons (Fsp3) is 0.471. The van der Waals surface area contributed by atoms with Gasteiger partial charge in [0.1, 0.15) is 10.8 Å². The zero-order valence-corrected chi connectivity index (χ0v) is 29.8. The van der Waals surface area contributed by atoms with Crippen molar-refractivity contribution in [3.05, 3.63) is 53.0 Å². The molecular formula is C34H45ClN9O2P. The van der Waals surface area contributed by atoms with Crippen LogP contribution in [0.2, 0.25) is 5.02 Å². The number of benzene rings is 2. The maximum atomic E-state index is 6.61. The summed E-state index contributed by atoms with van der Waals surface area (Å²) in [6.45, 7) is 15.1. The number of nitrogens with one attached hydrogen (secondary N) is 2. The number of piperazine rings is 1. The van der Waals surface area contributed by atoms with Crippen molar-refractivity contribution in [2.75, 3.05) is 82.3 Å². The number of anilines is 5. The van der Waals surface area contributed by atoms with Crippen LogP contribution in [0, 0.1) is 6.92 Å². The van der Waals surface area contributed by atoms with Gasteiger partial charge in [-0.3, -0.25) is 4.90 Å². The predicted octanol–water partition coefficient (Wildman–Crippen LogP) is 6.13. The molecule has 6 rings (SSSR count). The SMILES string of the molecule is CCc1cc(Nc2ncc(Cl)c(Nc3ccc(-c4nnc(C)o4)cc3P(C)C)n2)c(OC)cc1N1CCC(N2CCN(C)CC2)CC1. The Morgan fingerprint density at radius 3 is 2.43 bits per heavy atom. The van der Waals surface area contributed by atoms with Gasteiger partial charge in [0.2, 0.25) is 17.7 Å². The molecule has 2 aromatic carbocycles. The van der Waals surface area contributed by atoms with E-state index >= 15 is 0 Å². The molecule has 0 atom stereocenters. The molecule has 0 unspecified atom stereocenters. The largest absolute Gasteiger partial charge is 0.494 e. The average Bonchev–Trinajstić information content (AvgIpc) is 3.52. The summed E-state index contributed by atoms with van der Waals surface area (Å²) in [5, 5.41) is 16.6. The van der Waals surface area contributed by atoms with Crippen molar-refractivity contribution < 1.29 is 9.15 Å². The van der Waals surface area contributed by atoms with Crippen LogP contribution >= 0.6 is 19.5 Å². The number of ether oxygens (including phenoxy) is 1. The first-order valence-corrected chi connectivity index (χ1v) is 18.9. The van der Waals surface area contributed by atoms with E-state index in [1.54, 1.807) is 20.2 Å². The van der Waals surface area contributed by atoms with E-state index in [-0.39, 0.29) is 0 Å². The molecule has 250 valence electrons. The summed E-state index contributed by atoms with van der Waals surface area (Å²) in [6, 6.07) is 11.0. The Morgan fingerprint density at radius 2 is 1.77 bits per heavy atom. The number of hydrogen-bond acceptors (Lipinski definition) is 11. The number of hydrogen-bond donors (Lipinski definition) is 2. The Bertz CT molecular complexity index is 1680. The number of piperidine rings is 1. The molecule has 0 spiro atoms. The normalized spacial score (nSPS) is 16.6. The van der Waals surface area contributed by atoms with Gasteiger partial charge in [-0.05, 0) is 74.8 Å². The lowest BCUT2D eigenvalue weighted by atomic mass is 9.99. The molecule has 4 heterocycles. The maximum Gasteiger partial charge on any atom is 0.247 e. The van der Waals surface area contributed by atoms with Crippen LogP contribution in [-0.2, 0) is 6.42 Å². The van der Waals surface area contributed by atoms with E-state index in [9.17, 15) is 0 Å². The molecule has 0 radical (unpaired) electrons. The Hall–Kier alpha value is -3.50.